The number of hydrogen-bond acceptors (Lipinski definition) is 2. The Bertz CT molecular complexity index is 201. The molecule has 1 N–H and O–H groups in total. The van der Waals surface area contributed by atoms with Crippen LogP contribution in [0.25, 0.3) is 0 Å². The van der Waals surface area contributed by atoms with Crippen LogP contribution in [0.4, 0.5) is 0 Å². The van der Waals surface area contributed by atoms with Crippen LogP contribution in [0, 0.1) is 0 Å². The summed E-state index contributed by atoms with van der Waals surface area (Å²) < 4.78 is 0. The molecule has 0 bridgehead atoms. The number of nitrogens with zero attached hydrogens (tertiary/aromatic N) is 1. The number of carbonyl (C=O) groups is 1. The van der Waals surface area contributed by atoms with Gasteiger partial charge in [0.05, 0.1) is 0 Å². The van der Waals surface area contributed by atoms with Gasteiger partial charge >= 0.3 is 5.97 Å². The molecule has 0 spiro atoms. The van der Waals surface area contributed by atoms with Crippen molar-refractivity contribution < 1.29 is 9.90 Å². The van der Waals surface area contributed by atoms with E-state index in [1.54, 1.807) is 6.08 Å². The largest absolute Gasteiger partial charge is 0.480 e. The third-order valence-corrected chi connectivity index (χ3v) is 2.40. The van der Waals surface area contributed by atoms with Crippen LogP contribution in [0.3, 0.4) is 0 Å². The molecule has 3 heteroatoms. The number of aliphatic carboxylic acids is 1. The zero-order valence-corrected chi connectivity index (χ0v) is 7.53. The molecule has 0 radical (unpaired) electrons. The first kappa shape index (κ1) is 9.26. The fraction of sp³-hybridized carbons (Fsp3) is 0.667. The first-order valence-electron chi connectivity index (χ1n) is 4.32. The first-order valence-corrected chi connectivity index (χ1v) is 4.32. The average molecular weight is 169 g/mol. The predicted molar refractivity (Wildman–Crippen MR) is 47.0 cm³/mol. The van der Waals surface area contributed by atoms with Gasteiger partial charge in [0.1, 0.15) is 6.04 Å². The first-order chi connectivity index (χ1) is 5.66. The van der Waals surface area contributed by atoms with Crippen molar-refractivity contribution in [2.45, 2.75) is 32.4 Å². The van der Waals surface area contributed by atoms with Gasteiger partial charge in [0, 0.05) is 12.6 Å². The van der Waals surface area contributed by atoms with Crippen molar-refractivity contribution in [3.63, 3.8) is 0 Å². The van der Waals surface area contributed by atoms with E-state index in [-0.39, 0.29) is 0 Å². The molecule has 3 nitrogen and oxygen atoms in total. The van der Waals surface area contributed by atoms with Crippen LogP contribution in [0.1, 0.15) is 20.3 Å². The van der Waals surface area contributed by atoms with Gasteiger partial charge in [0.2, 0.25) is 0 Å². The molecule has 2 unspecified atom stereocenters. The molecule has 0 saturated heterocycles. The second-order valence-corrected chi connectivity index (χ2v) is 3.17. The highest BCUT2D eigenvalue weighted by Gasteiger charge is 2.28. The normalized spacial score (nSPS) is 26.0. The highest BCUT2D eigenvalue weighted by atomic mass is 16.4. The zero-order chi connectivity index (χ0) is 9.14. The summed E-state index contributed by atoms with van der Waals surface area (Å²) in [5.41, 5.74) is 0. The van der Waals surface area contributed by atoms with Crippen molar-refractivity contribution in [2.75, 3.05) is 6.54 Å². The van der Waals surface area contributed by atoms with E-state index in [1.165, 1.54) is 0 Å². The van der Waals surface area contributed by atoms with Gasteiger partial charge in [-0.15, -0.1) is 0 Å². The van der Waals surface area contributed by atoms with E-state index in [4.69, 9.17) is 5.11 Å². The Labute approximate surface area is 72.7 Å². The molecular weight excluding hydrogens is 154 g/mol. The average Bonchev–Trinajstić information content (AvgIpc) is 2.50. The Kier molecular flexibility index (Phi) is 2.87. The lowest BCUT2D eigenvalue weighted by molar-refractivity contribution is -0.141. The lowest BCUT2D eigenvalue weighted by Crippen LogP contribution is -2.41. The maximum absolute atomic E-state index is 10.7. The Morgan fingerprint density at radius 1 is 1.83 bits per heavy atom. The summed E-state index contributed by atoms with van der Waals surface area (Å²) in [5.74, 6) is -0.746. The van der Waals surface area contributed by atoms with Crippen LogP contribution in [0.5, 0.6) is 0 Å². The minimum Gasteiger partial charge on any atom is -0.480 e. The summed E-state index contributed by atoms with van der Waals surface area (Å²) in [5, 5.41) is 8.84. The molecule has 0 aromatic heterocycles. The van der Waals surface area contributed by atoms with Gasteiger partial charge in [-0.25, -0.2) is 0 Å². The summed E-state index contributed by atoms with van der Waals surface area (Å²) in [4.78, 5) is 12.7. The molecular formula is C9H15NO2. The van der Waals surface area contributed by atoms with Gasteiger partial charge in [-0.2, -0.15) is 0 Å². The van der Waals surface area contributed by atoms with Crippen LogP contribution in [0.15, 0.2) is 12.2 Å². The van der Waals surface area contributed by atoms with Gasteiger partial charge in [-0.1, -0.05) is 19.1 Å². The van der Waals surface area contributed by atoms with E-state index in [1.807, 2.05) is 11.0 Å². The molecule has 1 rings (SSSR count). The Morgan fingerprint density at radius 2 is 2.50 bits per heavy atom. The maximum atomic E-state index is 10.7. The molecule has 1 aliphatic heterocycles. The molecule has 0 aromatic rings. The van der Waals surface area contributed by atoms with Crippen molar-refractivity contribution in [2.24, 2.45) is 0 Å². The molecule has 1 heterocycles. The second-order valence-electron chi connectivity index (χ2n) is 3.17. The Hall–Kier alpha value is -0.830. The van der Waals surface area contributed by atoms with Crippen LogP contribution in [0.2, 0.25) is 0 Å². The van der Waals surface area contributed by atoms with E-state index < -0.39 is 12.0 Å². The maximum Gasteiger partial charge on any atom is 0.324 e. The van der Waals surface area contributed by atoms with E-state index in [9.17, 15) is 4.79 Å². The fourth-order valence-electron chi connectivity index (χ4n) is 1.45. The van der Waals surface area contributed by atoms with Crippen molar-refractivity contribution in [1.82, 2.24) is 4.90 Å². The quantitative estimate of drug-likeness (QED) is 0.643. The van der Waals surface area contributed by atoms with Crippen LogP contribution in [-0.4, -0.2) is 34.6 Å². The predicted octanol–water partition coefficient (Wildman–Crippen LogP) is 1.11. The Balaban J connectivity index is 2.61. The fourth-order valence-corrected chi connectivity index (χ4v) is 1.45. The summed E-state index contributed by atoms with van der Waals surface area (Å²) in [7, 11) is 0. The topological polar surface area (TPSA) is 40.5 Å². The number of carboxylic acids is 1. The van der Waals surface area contributed by atoms with Gasteiger partial charge in [0.15, 0.2) is 0 Å². The molecule has 1 aliphatic rings. The molecule has 0 aromatic carbocycles. The van der Waals surface area contributed by atoms with Gasteiger partial charge in [0.25, 0.3) is 0 Å². The van der Waals surface area contributed by atoms with Crippen molar-refractivity contribution >= 4 is 5.97 Å². The van der Waals surface area contributed by atoms with E-state index in [2.05, 4.69) is 13.8 Å². The smallest absolute Gasteiger partial charge is 0.324 e. The molecule has 0 aliphatic carbocycles. The number of hydrogen-bond donors (Lipinski definition) is 1. The standard InChI is InChI=1S/C9H15NO2/c1-3-7(2)10-6-4-5-8(10)9(11)12/h4-5,7-8H,3,6H2,1-2H3,(H,11,12). The third kappa shape index (κ3) is 1.67. The van der Waals surface area contributed by atoms with Gasteiger partial charge in [-0.05, 0) is 13.3 Å². The summed E-state index contributed by atoms with van der Waals surface area (Å²) in [6.07, 6.45) is 4.67. The lowest BCUT2D eigenvalue weighted by Gasteiger charge is -2.27. The minimum atomic E-state index is -0.746. The van der Waals surface area contributed by atoms with Gasteiger partial charge in [-0.3, -0.25) is 9.69 Å². The van der Waals surface area contributed by atoms with E-state index in [0.717, 1.165) is 13.0 Å². The lowest BCUT2D eigenvalue weighted by atomic mass is 10.2. The monoisotopic (exact) mass is 169 g/mol. The highest BCUT2D eigenvalue weighted by Crippen LogP contribution is 2.15. The summed E-state index contributed by atoms with van der Waals surface area (Å²) >= 11 is 0. The van der Waals surface area contributed by atoms with Gasteiger partial charge < -0.3 is 5.11 Å². The highest BCUT2D eigenvalue weighted by molar-refractivity contribution is 5.76. The summed E-state index contributed by atoms with van der Waals surface area (Å²) in [6.45, 7) is 4.90. The number of rotatable bonds is 3. The van der Waals surface area contributed by atoms with Crippen molar-refractivity contribution in [3.8, 4) is 0 Å². The minimum absolute atomic E-state index is 0.348. The molecule has 12 heavy (non-hydrogen) atoms. The molecule has 0 amide bonds. The van der Waals surface area contributed by atoms with Crippen LogP contribution < -0.4 is 0 Å². The SMILES string of the molecule is CCC(C)N1CC=CC1C(=O)O. The van der Waals surface area contributed by atoms with Crippen molar-refractivity contribution in [3.05, 3.63) is 12.2 Å². The zero-order valence-electron chi connectivity index (χ0n) is 7.53. The molecule has 0 saturated carbocycles. The molecule has 68 valence electrons. The van der Waals surface area contributed by atoms with E-state index in [0.29, 0.717) is 6.04 Å². The number of carboxylic acid groups (broad SMARTS) is 1. The third-order valence-electron chi connectivity index (χ3n) is 2.40. The second kappa shape index (κ2) is 3.72. The van der Waals surface area contributed by atoms with Crippen LogP contribution in [-0.2, 0) is 4.79 Å². The van der Waals surface area contributed by atoms with Crippen molar-refractivity contribution in [1.29, 1.82) is 0 Å². The van der Waals surface area contributed by atoms with Crippen LogP contribution >= 0.6 is 0 Å². The Morgan fingerprint density at radius 3 is 3.00 bits per heavy atom. The van der Waals surface area contributed by atoms with E-state index >= 15 is 0 Å². The molecule has 2 atom stereocenters. The molecule has 0 fully saturated rings. The summed E-state index contributed by atoms with van der Waals surface area (Å²) in [6, 6.07) is -0.0546.